The maximum absolute atomic E-state index is 9.18. The number of aromatic hydroxyl groups is 1. The van der Waals surface area contributed by atoms with E-state index in [-0.39, 0.29) is 0 Å². The minimum absolute atomic E-state index is 0.353. The summed E-state index contributed by atoms with van der Waals surface area (Å²) in [5.74, 6) is 1.24. The van der Waals surface area contributed by atoms with Crippen LogP contribution in [-0.2, 0) is 6.54 Å². The molecule has 1 atom stereocenters. The molecule has 1 unspecified atom stereocenters. The molecular weight excluding hydrogens is 186 g/mol. The summed E-state index contributed by atoms with van der Waals surface area (Å²) < 4.78 is 0. The molecule has 2 heteroatoms. The first-order valence-electron chi connectivity index (χ1n) is 5.78. The first-order chi connectivity index (χ1) is 7.28. The molecule has 1 heterocycles. The summed E-state index contributed by atoms with van der Waals surface area (Å²) in [6.07, 6.45) is 2.64. The first kappa shape index (κ1) is 10.5. The van der Waals surface area contributed by atoms with E-state index >= 15 is 0 Å². The van der Waals surface area contributed by atoms with Crippen molar-refractivity contribution in [1.82, 2.24) is 4.90 Å². The van der Waals surface area contributed by atoms with Crippen LogP contribution < -0.4 is 0 Å². The van der Waals surface area contributed by atoms with Gasteiger partial charge >= 0.3 is 0 Å². The zero-order chi connectivity index (χ0) is 10.7. The average molecular weight is 205 g/mol. The van der Waals surface area contributed by atoms with E-state index in [2.05, 4.69) is 11.8 Å². The molecule has 0 spiro atoms. The molecule has 0 saturated carbocycles. The molecule has 0 bridgehead atoms. The third-order valence-corrected chi connectivity index (χ3v) is 3.29. The second kappa shape index (κ2) is 4.67. The Kier molecular flexibility index (Phi) is 3.27. The number of likely N-dealkylation sites (tertiary alicyclic amines) is 1. The quantitative estimate of drug-likeness (QED) is 0.820. The van der Waals surface area contributed by atoms with E-state index in [4.69, 9.17) is 0 Å². The summed E-state index contributed by atoms with van der Waals surface area (Å²) in [6.45, 7) is 5.75. The molecule has 1 fully saturated rings. The van der Waals surface area contributed by atoms with Gasteiger partial charge in [-0.25, -0.2) is 0 Å². The maximum atomic E-state index is 9.18. The van der Waals surface area contributed by atoms with Crippen molar-refractivity contribution in [2.24, 2.45) is 5.92 Å². The van der Waals surface area contributed by atoms with Crippen molar-refractivity contribution in [3.05, 3.63) is 29.8 Å². The highest BCUT2D eigenvalue weighted by molar-refractivity contribution is 5.25. The van der Waals surface area contributed by atoms with Crippen molar-refractivity contribution >= 4 is 0 Å². The van der Waals surface area contributed by atoms with E-state index in [0.29, 0.717) is 5.75 Å². The third-order valence-electron chi connectivity index (χ3n) is 3.29. The van der Waals surface area contributed by atoms with Gasteiger partial charge in [0.1, 0.15) is 5.75 Å². The Hall–Kier alpha value is -1.02. The highest BCUT2D eigenvalue weighted by Crippen LogP contribution is 2.21. The maximum Gasteiger partial charge on any atom is 0.115 e. The van der Waals surface area contributed by atoms with Gasteiger partial charge in [-0.1, -0.05) is 25.5 Å². The fourth-order valence-electron chi connectivity index (χ4n) is 2.25. The highest BCUT2D eigenvalue weighted by atomic mass is 16.3. The van der Waals surface area contributed by atoms with E-state index in [0.717, 1.165) is 12.5 Å². The standard InChI is InChI=1S/C13H19NO/c1-2-11-7-8-14(9-11)10-12-3-5-13(15)6-4-12/h3-6,11,15H,2,7-10H2,1H3. The molecule has 15 heavy (non-hydrogen) atoms. The summed E-state index contributed by atoms with van der Waals surface area (Å²) >= 11 is 0. The lowest BCUT2D eigenvalue weighted by Gasteiger charge is -2.15. The predicted octanol–water partition coefficient (Wildman–Crippen LogP) is 2.62. The smallest absolute Gasteiger partial charge is 0.115 e. The van der Waals surface area contributed by atoms with Crippen LogP contribution in [0.15, 0.2) is 24.3 Å². The third kappa shape index (κ3) is 2.72. The predicted molar refractivity (Wildman–Crippen MR) is 61.8 cm³/mol. The molecule has 1 N–H and O–H groups in total. The molecule has 2 nitrogen and oxygen atoms in total. The number of benzene rings is 1. The summed E-state index contributed by atoms with van der Waals surface area (Å²) in [7, 11) is 0. The Morgan fingerprint density at radius 1 is 1.33 bits per heavy atom. The van der Waals surface area contributed by atoms with Crippen LogP contribution in [-0.4, -0.2) is 23.1 Å². The van der Waals surface area contributed by atoms with Crippen LogP contribution in [0.2, 0.25) is 0 Å². The minimum atomic E-state index is 0.353. The van der Waals surface area contributed by atoms with E-state index in [1.54, 1.807) is 12.1 Å². The van der Waals surface area contributed by atoms with Gasteiger partial charge in [0, 0.05) is 13.1 Å². The second-order valence-corrected chi connectivity index (χ2v) is 4.46. The van der Waals surface area contributed by atoms with Gasteiger partial charge < -0.3 is 5.11 Å². The Morgan fingerprint density at radius 3 is 2.67 bits per heavy atom. The van der Waals surface area contributed by atoms with E-state index in [1.165, 1.54) is 31.5 Å². The summed E-state index contributed by atoms with van der Waals surface area (Å²) in [6, 6.07) is 7.55. The second-order valence-electron chi connectivity index (χ2n) is 4.46. The monoisotopic (exact) mass is 205 g/mol. The molecule has 0 amide bonds. The number of rotatable bonds is 3. The van der Waals surface area contributed by atoms with Crippen LogP contribution in [0.1, 0.15) is 25.3 Å². The van der Waals surface area contributed by atoms with Gasteiger partial charge in [0.15, 0.2) is 0 Å². The minimum Gasteiger partial charge on any atom is -0.508 e. The SMILES string of the molecule is CCC1CCN(Cc2ccc(O)cc2)C1. The fourth-order valence-corrected chi connectivity index (χ4v) is 2.25. The molecule has 0 radical (unpaired) electrons. The van der Waals surface area contributed by atoms with Crippen molar-refractivity contribution in [2.75, 3.05) is 13.1 Å². The average Bonchev–Trinajstić information content (AvgIpc) is 2.69. The molecule has 1 aliphatic heterocycles. The van der Waals surface area contributed by atoms with Crippen molar-refractivity contribution in [2.45, 2.75) is 26.3 Å². The van der Waals surface area contributed by atoms with E-state index in [9.17, 15) is 5.11 Å². The molecular formula is C13H19NO. The molecule has 1 aromatic rings. The summed E-state index contributed by atoms with van der Waals surface area (Å²) in [4.78, 5) is 2.50. The number of phenolic OH excluding ortho intramolecular Hbond substituents is 1. The van der Waals surface area contributed by atoms with Gasteiger partial charge in [0.05, 0.1) is 0 Å². The zero-order valence-electron chi connectivity index (χ0n) is 9.32. The van der Waals surface area contributed by atoms with E-state index < -0.39 is 0 Å². The van der Waals surface area contributed by atoms with Crippen LogP contribution >= 0.6 is 0 Å². The lowest BCUT2D eigenvalue weighted by atomic mass is 10.1. The van der Waals surface area contributed by atoms with Gasteiger partial charge in [-0.3, -0.25) is 4.90 Å². The van der Waals surface area contributed by atoms with Crippen molar-refractivity contribution < 1.29 is 5.11 Å². The van der Waals surface area contributed by atoms with Crippen LogP contribution in [0, 0.1) is 5.92 Å². The molecule has 0 aliphatic carbocycles. The normalized spacial score (nSPS) is 22.1. The molecule has 0 aromatic heterocycles. The van der Waals surface area contributed by atoms with Crippen LogP contribution in [0.3, 0.4) is 0 Å². The van der Waals surface area contributed by atoms with Gasteiger partial charge in [-0.05, 0) is 36.6 Å². The van der Waals surface area contributed by atoms with Crippen molar-refractivity contribution in [1.29, 1.82) is 0 Å². The topological polar surface area (TPSA) is 23.5 Å². The first-order valence-corrected chi connectivity index (χ1v) is 5.78. The Labute approximate surface area is 91.5 Å². The zero-order valence-corrected chi connectivity index (χ0v) is 9.32. The molecule has 1 aliphatic rings. The fraction of sp³-hybridized carbons (Fsp3) is 0.538. The van der Waals surface area contributed by atoms with Crippen LogP contribution in [0.4, 0.5) is 0 Å². The van der Waals surface area contributed by atoms with Gasteiger partial charge in [-0.2, -0.15) is 0 Å². The Balaban J connectivity index is 1.90. The molecule has 1 saturated heterocycles. The molecule has 2 rings (SSSR count). The van der Waals surface area contributed by atoms with Gasteiger partial charge in [0.25, 0.3) is 0 Å². The van der Waals surface area contributed by atoms with Gasteiger partial charge in [-0.15, -0.1) is 0 Å². The summed E-state index contributed by atoms with van der Waals surface area (Å²) in [5, 5.41) is 9.18. The number of hydrogen-bond acceptors (Lipinski definition) is 2. The van der Waals surface area contributed by atoms with Crippen molar-refractivity contribution in [3.8, 4) is 5.75 Å². The number of phenols is 1. The van der Waals surface area contributed by atoms with Gasteiger partial charge in [0.2, 0.25) is 0 Å². The lowest BCUT2D eigenvalue weighted by Crippen LogP contribution is -2.19. The van der Waals surface area contributed by atoms with Crippen LogP contribution in [0.25, 0.3) is 0 Å². The largest absolute Gasteiger partial charge is 0.508 e. The van der Waals surface area contributed by atoms with Crippen molar-refractivity contribution in [3.63, 3.8) is 0 Å². The number of hydrogen-bond donors (Lipinski definition) is 1. The number of nitrogens with zero attached hydrogens (tertiary/aromatic N) is 1. The summed E-state index contributed by atoms with van der Waals surface area (Å²) in [5.41, 5.74) is 1.30. The molecule has 82 valence electrons. The lowest BCUT2D eigenvalue weighted by molar-refractivity contribution is 0.315. The van der Waals surface area contributed by atoms with Crippen LogP contribution in [0.5, 0.6) is 5.75 Å². The Bertz CT molecular complexity index is 307. The molecule has 1 aromatic carbocycles. The highest BCUT2D eigenvalue weighted by Gasteiger charge is 2.20. The Morgan fingerprint density at radius 2 is 2.07 bits per heavy atom. The van der Waals surface area contributed by atoms with E-state index in [1.807, 2.05) is 12.1 Å².